The standard InChI is InChI=1S/C28H27ClN4O4S2/c29-23-8-6-22(7-9-23)26-18-30-28(33(26)19-21-4-2-1-3-5-21)38-20-27(34)31-24-10-12-25(13-11-24)39(35,36)32-14-16-37-17-15-32/h1-13,18H,14-17,19-20H2,(H,31,34). The molecule has 1 N–H and O–H groups in total. The zero-order valence-electron chi connectivity index (χ0n) is 21.0. The highest BCUT2D eigenvalue weighted by molar-refractivity contribution is 7.99. The summed E-state index contributed by atoms with van der Waals surface area (Å²) in [5.41, 5.74) is 3.54. The number of carbonyl (C=O) groups excluding carboxylic acids is 1. The number of benzene rings is 3. The monoisotopic (exact) mass is 582 g/mol. The van der Waals surface area contributed by atoms with Gasteiger partial charge in [0.1, 0.15) is 0 Å². The first kappa shape index (κ1) is 27.4. The average molecular weight is 583 g/mol. The number of sulfonamides is 1. The van der Waals surface area contributed by atoms with Gasteiger partial charge in [-0.2, -0.15) is 4.31 Å². The topological polar surface area (TPSA) is 93.5 Å². The number of aromatic nitrogens is 2. The third-order valence-electron chi connectivity index (χ3n) is 6.22. The van der Waals surface area contributed by atoms with Crippen LogP contribution in [0, 0.1) is 0 Å². The first-order valence-corrected chi connectivity index (χ1v) is 15.2. The van der Waals surface area contributed by atoms with Gasteiger partial charge in [0.05, 0.1) is 42.3 Å². The number of thioether (sulfide) groups is 1. The molecular weight excluding hydrogens is 556 g/mol. The van der Waals surface area contributed by atoms with E-state index < -0.39 is 10.0 Å². The van der Waals surface area contributed by atoms with Crippen LogP contribution >= 0.6 is 23.4 Å². The summed E-state index contributed by atoms with van der Waals surface area (Å²) in [4.78, 5) is 17.6. The lowest BCUT2D eigenvalue weighted by molar-refractivity contribution is -0.113. The second-order valence-electron chi connectivity index (χ2n) is 8.88. The van der Waals surface area contributed by atoms with E-state index in [1.807, 2.05) is 42.5 Å². The molecule has 0 spiro atoms. The molecule has 0 saturated carbocycles. The zero-order valence-corrected chi connectivity index (χ0v) is 23.4. The molecule has 0 bridgehead atoms. The van der Waals surface area contributed by atoms with Crippen molar-refractivity contribution in [1.82, 2.24) is 13.9 Å². The summed E-state index contributed by atoms with van der Waals surface area (Å²) in [5.74, 6) is -0.0780. The molecule has 2 heterocycles. The van der Waals surface area contributed by atoms with Crippen molar-refractivity contribution in [2.24, 2.45) is 0 Å². The summed E-state index contributed by atoms with van der Waals surface area (Å²) < 4.78 is 34.4. The fraction of sp³-hybridized carbons (Fsp3) is 0.214. The Bertz CT molecular complexity index is 1520. The molecule has 1 saturated heterocycles. The van der Waals surface area contributed by atoms with Crippen molar-refractivity contribution >= 4 is 45.0 Å². The minimum absolute atomic E-state index is 0.139. The Morgan fingerprint density at radius 2 is 1.67 bits per heavy atom. The fourth-order valence-electron chi connectivity index (χ4n) is 4.22. The summed E-state index contributed by atoms with van der Waals surface area (Å²) in [5, 5.41) is 4.22. The second kappa shape index (κ2) is 12.4. The van der Waals surface area contributed by atoms with Crippen molar-refractivity contribution in [3.05, 3.63) is 95.6 Å². The van der Waals surface area contributed by atoms with Gasteiger partial charge in [0.15, 0.2) is 5.16 Å². The van der Waals surface area contributed by atoms with Crippen molar-refractivity contribution in [2.75, 3.05) is 37.4 Å². The molecule has 0 atom stereocenters. The van der Waals surface area contributed by atoms with Gasteiger partial charge >= 0.3 is 0 Å². The lowest BCUT2D eigenvalue weighted by Crippen LogP contribution is -2.40. The number of amides is 1. The van der Waals surface area contributed by atoms with Gasteiger partial charge in [0.25, 0.3) is 0 Å². The maximum atomic E-state index is 12.8. The quantitative estimate of drug-likeness (QED) is 0.279. The molecule has 1 aromatic heterocycles. The number of nitrogens with zero attached hydrogens (tertiary/aromatic N) is 3. The third kappa shape index (κ3) is 6.71. The lowest BCUT2D eigenvalue weighted by atomic mass is 10.1. The zero-order chi connectivity index (χ0) is 27.2. The van der Waals surface area contributed by atoms with Crippen molar-refractivity contribution < 1.29 is 17.9 Å². The molecular formula is C28H27ClN4O4S2. The minimum atomic E-state index is -3.59. The summed E-state index contributed by atoms with van der Waals surface area (Å²) in [6, 6.07) is 23.9. The lowest BCUT2D eigenvalue weighted by Gasteiger charge is -2.26. The Balaban J connectivity index is 1.26. The average Bonchev–Trinajstić information content (AvgIpc) is 3.35. The number of ether oxygens (including phenoxy) is 1. The summed E-state index contributed by atoms with van der Waals surface area (Å²) in [6.45, 7) is 2.03. The van der Waals surface area contributed by atoms with E-state index in [0.29, 0.717) is 48.7 Å². The van der Waals surface area contributed by atoms with Crippen LogP contribution in [0.2, 0.25) is 5.02 Å². The number of carbonyl (C=O) groups is 1. The molecule has 202 valence electrons. The first-order valence-electron chi connectivity index (χ1n) is 12.4. The number of rotatable bonds is 9. The van der Waals surface area contributed by atoms with Gasteiger partial charge in [-0.25, -0.2) is 13.4 Å². The van der Waals surface area contributed by atoms with Crippen LogP contribution in [0.5, 0.6) is 0 Å². The SMILES string of the molecule is O=C(CSc1ncc(-c2ccc(Cl)cc2)n1Cc1ccccc1)Nc1ccc(S(=O)(=O)N2CCOCC2)cc1. The molecule has 11 heteroatoms. The van der Waals surface area contributed by atoms with Gasteiger partial charge in [-0.15, -0.1) is 0 Å². The third-order valence-corrected chi connectivity index (χ3v) is 9.38. The Morgan fingerprint density at radius 1 is 0.974 bits per heavy atom. The van der Waals surface area contributed by atoms with E-state index in [2.05, 4.69) is 27.0 Å². The van der Waals surface area contributed by atoms with E-state index in [-0.39, 0.29) is 16.6 Å². The number of imidazole rings is 1. The Kier molecular flexibility index (Phi) is 8.69. The second-order valence-corrected chi connectivity index (χ2v) is 12.2. The molecule has 3 aromatic carbocycles. The molecule has 8 nitrogen and oxygen atoms in total. The molecule has 1 aliphatic heterocycles. The molecule has 1 fully saturated rings. The molecule has 39 heavy (non-hydrogen) atoms. The van der Waals surface area contributed by atoms with E-state index in [1.54, 1.807) is 18.3 Å². The number of halogens is 1. The highest BCUT2D eigenvalue weighted by Gasteiger charge is 2.26. The van der Waals surface area contributed by atoms with E-state index in [0.717, 1.165) is 16.8 Å². The van der Waals surface area contributed by atoms with Crippen molar-refractivity contribution in [2.45, 2.75) is 16.6 Å². The van der Waals surface area contributed by atoms with E-state index in [4.69, 9.17) is 16.3 Å². The highest BCUT2D eigenvalue weighted by Crippen LogP contribution is 2.28. The molecule has 1 amide bonds. The summed E-state index contributed by atoms with van der Waals surface area (Å²) in [7, 11) is -3.59. The summed E-state index contributed by atoms with van der Waals surface area (Å²) >= 11 is 7.42. The highest BCUT2D eigenvalue weighted by atomic mass is 35.5. The molecule has 5 rings (SSSR count). The van der Waals surface area contributed by atoms with E-state index in [9.17, 15) is 13.2 Å². The smallest absolute Gasteiger partial charge is 0.243 e. The van der Waals surface area contributed by atoms with Crippen LogP contribution in [0.1, 0.15) is 5.56 Å². The molecule has 1 aliphatic rings. The van der Waals surface area contributed by atoms with Gasteiger partial charge in [-0.3, -0.25) is 4.79 Å². The predicted octanol–water partition coefficient (Wildman–Crippen LogP) is 5.00. The van der Waals surface area contributed by atoms with Gasteiger partial charge in [-0.05, 0) is 47.5 Å². The first-order chi connectivity index (χ1) is 18.9. The molecule has 0 radical (unpaired) electrons. The Labute approximate surface area is 237 Å². The van der Waals surface area contributed by atoms with Crippen LogP contribution in [0.4, 0.5) is 5.69 Å². The fourth-order valence-corrected chi connectivity index (χ4v) is 6.53. The number of anilines is 1. The van der Waals surface area contributed by atoms with Gasteiger partial charge < -0.3 is 14.6 Å². The predicted molar refractivity (Wildman–Crippen MR) is 154 cm³/mol. The van der Waals surface area contributed by atoms with E-state index >= 15 is 0 Å². The Morgan fingerprint density at radius 3 is 2.36 bits per heavy atom. The number of nitrogens with one attached hydrogen (secondary N) is 1. The van der Waals surface area contributed by atoms with E-state index in [1.165, 1.54) is 28.2 Å². The van der Waals surface area contributed by atoms with Crippen LogP contribution in [-0.2, 0) is 26.1 Å². The normalized spacial score (nSPS) is 14.3. The van der Waals surface area contributed by atoms with Crippen molar-refractivity contribution in [1.29, 1.82) is 0 Å². The van der Waals surface area contributed by atoms with Crippen LogP contribution in [0.25, 0.3) is 11.3 Å². The number of morpholine rings is 1. The van der Waals surface area contributed by atoms with Gasteiger partial charge in [0.2, 0.25) is 15.9 Å². The largest absolute Gasteiger partial charge is 0.379 e. The molecule has 0 unspecified atom stereocenters. The summed E-state index contributed by atoms with van der Waals surface area (Å²) in [6.07, 6.45) is 1.81. The maximum absolute atomic E-state index is 12.8. The minimum Gasteiger partial charge on any atom is -0.379 e. The van der Waals surface area contributed by atoms with Crippen molar-refractivity contribution in [3.8, 4) is 11.3 Å². The van der Waals surface area contributed by atoms with Crippen molar-refractivity contribution in [3.63, 3.8) is 0 Å². The van der Waals surface area contributed by atoms with Crippen LogP contribution < -0.4 is 5.32 Å². The molecule has 0 aliphatic carbocycles. The number of hydrogen-bond donors (Lipinski definition) is 1. The number of hydrogen-bond acceptors (Lipinski definition) is 6. The maximum Gasteiger partial charge on any atom is 0.243 e. The van der Waals surface area contributed by atoms with Crippen LogP contribution in [0.15, 0.2) is 95.1 Å². The van der Waals surface area contributed by atoms with Gasteiger partial charge in [-0.1, -0.05) is 65.8 Å². The van der Waals surface area contributed by atoms with Gasteiger partial charge in [0, 0.05) is 23.8 Å². The van der Waals surface area contributed by atoms with Crippen LogP contribution in [-0.4, -0.2) is 60.2 Å². The molecule has 4 aromatic rings. The Hall–Kier alpha value is -3.15. The van der Waals surface area contributed by atoms with Crippen LogP contribution in [0.3, 0.4) is 0 Å².